The molecule has 0 saturated heterocycles. The monoisotopic (exact) mass is 538 g/mol. The lowest BCUT2D eigenvalue weighted by Crippen LogP contribution is -2.36. The first-order chi connectivity index (χ1) is 14.0. The number of aliphatic imine (C=N–C) groups is 1. The molecule has 30 heavy (non-hydrogen) atoms. The minimum Gasteiger partial charge on any atom is -0.454 e. The summed E-state index contributed by atoms with van der Waals surface area (Å²) in [5.41, 5.74) is 1.33. The third-order valence-electron chi connectivity index (χ3n) is 4.12. The number of ether oxygens (including phenoxy) is 3. The van der Waals surface area contributed by atoms with Crippen molar-refractivity contribution in [3.8, 4) is 17.2 Å². The number of nitrogens with one attached hydrogen (secondary N) is 2. The van der Waals surface area contributed by atoms with Crippen molar-refractivity contribution in [2.75, 3.05) is 13.3 Å². The minimum atomic E-state index is -2.95. The number of alkyl halides is 2. The number of aromatic nitrogens is 1. The van der Waals surface area contributed by atoms with Crippen LogP contribution in [0.5, 0.6) is 17.2 Å². The second kappa shape index (κ2) is 11.2. The average Bonchev–Trinajstić information content (AvgIpc) is 3.32. The molecule has 2 aromatic rings. The zero-order chi connectivity index (χ0) is 20.8. The van der Waals surface area contributed by atoms with E-state index in [9.17, 15) is 8.78 Å². The molecule has 0 spiro atoms. The molecule has 8 nitrogen and oxygen atoms in total. The summed E-state index contributed by atoms with van der Waals surface area (Å²) >= 11 is 0. The van der Waals surface area contributed by atoms with E-state index in [0.717, 1.165) is 5.69 Å². The van der Waals surface area contributed by atoms with Crippen molar-refractivity contribution in [1.29, 1.82) is 0 Å². The fraction of sp³-hybridized carbons (Fsp3) is 0.474. The van der Waals surface area contributed by atoms with Crippen molar-refractivity contribution in [3.05, 3.63) is 35.2 Å². The maximum atomic E-state index is 12.8. The number of nitrogens with zero attached hydrogens (tertiary/aromatic N) is 2. The van der Waals surface area contributed by atoms with E-state index >= 15 is 0 Å². The van der Waals surface area contributed by atoms with E-state index in [1.165, 1.54) is 6.07 Å². The Balaban J connectivity index is 0.00000320. The predicted octanol–water partition coefficient (Wildman–Crippen LogP) is 4.00. The van der Waals surface area contributed by atoms with E-state index in [4.69, 9.17) is 14.0 Å². The van der Waals surface area contributed by atoms with Crippen molar-refractivity contribution in [1.82, 2.24) is 15.8 Å². The standard InChI is InChI=1S/C19H24F2N4O4.HI/c1-4-22-19(24-9-13-6-14(11(2)3)25-29-13)23-8-12-5-16-17(27-10-26-16)7-15(12)28-18(20)21;/h5-7,11,18H,4,8-10H2,1-3H3,(H2,22,23,24);1H. The van der Waals surface area contributed by atoms with Crippen molar-refractivity contribution in [3.63, 3.8) is 0 Å². The topological polar surface area (TPSA) is 90.1 Å². The summed E-state index contributed by atoms with van der Waals surface area (Å²) in [7, 11) is 0. The van der Waals surface area contributed by atoms with Gasteiger partial charge in [0.15, 0.2) is 23.2 Å². The van der Waals surface area contributed by atoms with Crippen LogP contribution in [0.25, 0.3) is 0 Å². The highest BCUT2D eigenvalue weighted by Crippen LogP contribution is 2.39. The van der Waals surface area contributed by atoms with Gasteiger partial charge in [-0.15, -0.1) is 24.0 Å². The van der Waals surface area contributed by atoms with Gasteiger partial charge in [0.05, 0.1) is 18.8 Å². The van der Waals surface area contributed by atoms with Crippen LogP contribution in [0.4, 0.5) is 8.78 Å². The maximum Gasteiger partial charge on any atom is 0.387 e. The van der Waals surface area contributed by atoms with Gasteiger partial charge in [-0.1, -0.05) is 19.0 Å². The second-order valence-corrected chi connectivity index (χ2v) is 6.61. The summed E-state index contributed by atoms with van der Waals surface area (Å²) in [6, 6.07) is 4.87. The van der Waals surface area contributed by atoms with Crippen molar-refractivity contribution in [2.24, 2.45) is 4.99 Å². The van der Waals surface area contributed by atoms with Crippen LogP contribution >= 0.6 is 24.0 Å². The van der Waals surface area contributed by atoms with Gasteiger partial charge in [0.2, 0.25) is 6.79 Å². The number of hydrogen-bond donors (Lipinski definition) is 2. The van der Waals surface area contributed by atoms with Crippen LogP contribution < -0.4 is 24.8 Å². The summed E-state index contributed by atoms with van der Waals surface area (Å²) < 4.78 is 46.0. The molecule has 1 aliphatic rings. The molecular weight excluding hydrogens is 513 g/mol. The molecule has 0 amide bonds. The molecule has 1 aliphatic heterocycles. The van der Waals surface area contributed by atoms with Gasteiger partial charge in [0.25, 0.3) is 0 Å². The fourth-order valence-electron chi connectivity index (χ4n) is 2.66. The maximum absolute atomic E-state index is 12.8. The molecule has 2 N–H and O–H groups in total. The van der Waals surface area contributed by atoms with E-state index in [1.54, 1.807) is 6.07 Å². The van der Waals surface area contributed by atoms with Crippen LogP contribution in [0.1, 0.15) is 43.7 Å². The van der Waals surface area contributed by atoms with Gasteiger partial charge < -0.3 is 29.4 Å². The third-order valence-corrected chi connectivity index (χ3v) is 4.12. The predicted molar refractivity (Wildman–Crippen MR) is 117 cm³/mol. The van der Waals surface area contributed by atoms with E-state index in [-0.39, 0.29) is 49.0 Å². The van der Waals surface area contributed by atoms with Crippen molar-refractivity contribution in [2.45, 2.75) is 46.4 Å². The Kier molecular flexibility index (Phi) is 8.93. The van der Waals surface area contributed by atoms with Crippen molar-refractivity contribution >= 4 is 29.9 Å². The molecule has 3 rings (SSSR count). The quantitative estimate of drug-likeness (QED) is 0.299. The van der Waals surface area contributed by atoms with Crippen LogP contribution in [-0.2, 0) is 13.1 Å². The molecule has 1 aromatic heterocycles. The van der Waals surface area contributed by atoms with E-state index in [1.807, 2.05) is 26.8 Å². The van der Waals surface area contributed by atoms with Crippen LogP contribution in [0, 0.1) is 0 Å². The average molecular weight is 538 g/mol. The largest absolute Gasteiger partial charge is 0.454 e. The summed E-state index contributed by atoms with van der Waals surface area (Å²) in [5.74, 6) is 2.27. The molecule has 0 saturated carbocycles. The molecule has 0 bridgehead atoms. The Labute approximate surface area is 190 Å². The van der Waals surface area contributed by atoms with Crippen molar-refractivity contribution < 1.29 is 27.5 Å². The van der Waals surface area contributed by atoms with Crippen LogP contribution in [0.15, 0.2) is 27.7 Å². The molecular formula is C19H25F2IN4O4. The third kappa shape index (κ3) is 6.34. The van der Waals surface area contributed by atoms with Gasteiger partial charge in [-0.2, -0.15) is 8.78 Å². The Hall–Kier alpha value is -2.31. The molecule has 0 unspecified atom stereocenters. The van der Waals surface area contributed by atoms with Gasteiger partial charge in [0, 0.05) is 24.2 Å². The highest BCUT2D eigenvalue weighted by atomic mass is 127. The number of fused-ring (bicyclic) bond motifs is 1. The minimum absolute atomic E-state index is 0. The van der Waals surface area contributed by atoms with Crippen LogP contribution in [-0.4, -0.2) is 31.1 Å². The summed E-state index contributed by atoms with van der Waals surface area (Å²) in [5, 5.41) is 10.2. The first-order valence-electron chi connectivity index (χ1n) is 9.31. The zero-order valence-corrected chi connectivity index (χ0v) is 19.2. The lowest BCUT2D eigenvalue weighted by atomic mass is 10.1. The van der Waals surface area contributed by atoms with Crippen LogP contribution in [0.2, 0.25) is 0 Å². The summed E-state index contributed by atoms with van der Waals surface area (Å²) in [6.07, 6.45) is 0. The van der Waals surface area contributed by atoms with E-state index in [0.29, 0.717) is 41.9 Å². The van der Waals surface area contributed by atoms with E-state index in [2.05, 4.69) is 25.5 Å². The van der Waals surface area contributed by atoms with E-state index < -0.39 is 6.61 Å². The molecule has 0 atom stereocenters. The number of rotatable bonds is 8. The molecule has 0 fully saturated rings. The first-order valence-corrected chi connectivity index (χ1v) is 9.31. The molecule has 1 aromatic carbocycles. The number of hydrogen-bond acceptors (Lipinski definition) is 6. The van der Waals surface area contributed by atoms with Gasteiger partial charge in [-0.25, -0.2) is 4.99 Å². The van der Waals surface area contributed by atoms with Gasteiger partial charge >= 0.3 is 6.61 Å². The van der Waals surface area contributed by atoms with Gasteiger partial charge in [-0.05, 0) is 18.9 Å². The Morgan fingerprint density at radius 2 is 1.93 bits per heavy atom. The highest BCUT2D eigenvalue weighted by molar-refractivity contribution is 14.0. The fourth-order valence-corrected chi connectivity index (χ4v) is 2.66. The highest BCUT2D eigenvalue weighted by Gasteiger charge is 2.20. The van der Waals surface area contributed by atoms with Gasteiger partial charge in [-0.3, -0.25) is 0 Å². The first kappa shape index (κ1) is 24.0. The summed E-state index contributed by atoms with van der Waals surface area (Å²) in [6.45, 7) is 4.18. The normalized spacial score (nSPS) is 12.8. The lowest BCUT2D eigenvalue weighted by molar-refractivity contribution is -0.0505. The second-order valence-electron chi connectivity index (χ2n) is 6.61. The Morgan fingerprint density at radius 3 is 2.57 bits per heavy atom. The molecule has 166 valence electrons. The number of halogens is 3. The molecule has 0 aliphatic carbocycles. The molecule has 11 heteroatoms. The molecule has 0 radical (unpaired) electrons. The van der Waals surface area contributed by atoms with Crippen LogP contribution in [0.3, 0.4) is 0 Å². The summed E-state index contributed by atoms with van der Waals surface area (Å²) in [4.78, 5) is 4.45. The smallest absolute Gasteiger partial charge is 0.387 e. The SMILES string of the molecule is CCNC(=NCc1cc2c(cc1OC(F)F)OCO2)NCc1cc(C(C)C)no1.I. The Bertz CT molecular complexity index is 861. The lowest BCUT2D eigenvalue weighted by Gasteiger charge is -2.13. The number of benzene rings is 1. The zero-order valence-electron chi connectivity index (χ0n) is 16.9. The molecule has 2 heterocycles. The Morgan fingerprint density at radius 1 is 1.20 bits per heavy atom. The number of guanidine groups is 1. The van der Waals surface area contributed by atoms with Gasteiger partial charge in [0.1, 0.15) is 5.75 Å².